The molecule has 3 N–H and O–H groups in total. The molecule has 4 nitrogen and oxygen atoms in total. The SMILES string of the molecule is C1CCNC1.C=CSNC(=O)Nc1c2c(cc3c1CCC3)CCC2.CC. The van der Waals surface area contributed by atoms with Gasteiger partial charge in [0.15, 0.2) is 0 Å². The van der Waals surface area contributed by atoms with Gasteiger partial charge >= 0.3 is 6.03 Å². The van der Waals surface area contributed by atoms with Gasteiger partial charge in [-0.2, -0.15) is 0 Å². The summed E-state index contributed by atoms with van der Waals surface area (Å²) in [5, 5.41) is 7.89. The van der Waals surface area contributed by atoms with Gasteiger partial charge in [0.2, 0.25) is 0 Å². The summed E-state index contributed by atoms with van der Waals surface area (Å²) in [4.78, 5) is 11.9. The van der Waals surface area contributed by atoms with Gasteiger partial charge in [-0.05, 0) is 104 Å². The van der Waals surface area contributed by atoms with Crippen LogP contribution in [0.2, 0.25) is 0 Å². The van der Waals surface area contributed by atoms with Crippen molar-refractivity contribution in [1.82, 2.24) is 10.0 Å². The first-order valence-corrected chi connectivity index (χ1v) is 10.9. The lowest BCUT2D eigenvalue weighted by atomic mass is 9.99. The monoisotopic (exact) mass is 375 g/mol. The minimum Gasteiger partial charge on any atom is -0.317 e. The number of urea groups is 1. The van der Waals surface area contributed by atoms with Crippen molar-refractivity contribution in [2.75, 3.05) is 18.4 Å². The summed E-state index contributed by atoms with van der Waals surface area (Å²) in [6, 6.07) is 2.21. The Morgan fingerprint density at radius 2 is 1.62 bits per heavy atom. The van der Waals surface area contributed by atoms with Crippen LogP contribution in [0.3, 0.4) is 0 Å². The van der Waals surface area contributed by atoms with E-state index in [1.807, 2.05) is 13.8 Å². The first-order chi connectivity index (χ1) is 12.8. The zero-order valence-electron chi connectivity index (χ0n) is 16.2. The van der Waals surface area contributed by atoms with Gasteiger partial charge < -0.3 is 10.6 Å². The summed E-state index contributed by atoms with van der Waals surface area (Å²) in [6.07, 6.45) is 9.67. The van der Waals surface area contributed by atoms with Gasteiger partial charge in [0, 0.05) is 5.69 Å². The van der Waals surface area contributed by atoms with Crippen molar-refractivity contribution in [2.45, 2.75) is 65.2 Å². The van der Waals surface area contributed by atoms with Crippen LogP contribution in [0, 0.1) is 0 Å². The Morgan fingerprint density at radius 3 is 2.08 bits per heavy atom. The number of rotatable bonds is 3. The van der Waals surface area contributed by atoms with Crippen molar-refractivity contribution in [3.63, 3.8) is 0 Å². The fraction of sp³-hybridized carbons (Fsp3) is 0.571. The molecular weight excluding hydrogens is 342 g/mol. The minimum absolute atomic E-state index is 0.153. The van der Waals surface area contributed by atoms with Crippen LogP contribution in [-0.4, -0.2) is 19.1 Å². The quantitative estimate of drug-likeness (QED) is 0.654. The number of hydrogen-bond acceptors (Lipinski definition) is 3. The third-order valence-corrected chi connectivity index (χ3v) is 5.37. The van der Waals surface area contributed by atoms with E-state index in [1.165, 1.54) is 73.0 Å². The molecule has 0 aromatic heterocycles. The Hall–Kier alpha value is -1.46. The van der Waals surface area contributed by atoms with Crippen LogP contribution in [0.1, 0.15) is 61.8 Å². The maximum Gasteiger partial charge on any atom is 0.329 e. The van der Waals surface area contributed by atoms with E-state index in [4.69, 9.17) is 0 Å². The van der Waals surface area contributed by atoms with Crippen LogP contribution >= 0.6 is 11.9 Å². The molecule has 1 heterocycles. The van der Waals surface area contributed by atoms with E-state index < -0.39 is 0 Å². The minimum atomic E-state index is -0.153. The van der Waals surface area contributed by atoms with Gasteiger partial charge in [0.25, 0.3) is 0 Å². The van der Waals surface area contributed by atoms with Crippen LogP contribution in [0.15, 0.2) is 18.1 Å². The fourth-order valence-corrected chi connectivity index (χ4v) is 4.07. The summed E-state index contributed by atoms with van der Waals surface area (Å²) in [7, 11) is 0. The van der Waals surface area contributed by atoms with Crippen LogP contribution in [0.25, 0.3) is 0 Å². The molecule has 5 heteroatoms. The first kappa shape index (κ1) is 20.8. The van der Waals surface area contributed by atoms with Crippen LogP contribution < -0.4 is 15.4 Å². The third kappa shape index (κ3) is 5.52. The number of hydrogen-bond donors (Lipinski definition) is 3. The Kier molecular flexibility index (Phi) is 9.06. The maximum absolute atomic E-state index is 11.9. The highest BCUT2D eigenvalue weighted by atomic mass is 32.2. The Balaban J connectivity index is 0.000000295. The van der Waals surface area contributed by atoms with Crippen LogP contribution in [0.5, 0.6) is 0 Å². The van der Waals surface area contributed by atoms with Crippen molar-refractivity contribution < 1.29 is 4.79 Å². The van der Waals surface area contributed by atoms with E-state index in [2.05, 4.69) is 28.0 Å². The molecule has 1 fully saturated rings. The summed E-state index contributed by atoms with van der Waals surface area (Å²) < 4.78 is 2.71. The van der Waals surface area contributed by atoms with E-state index in [1.54, 1.807) is 5.41 Å². The lowest BCUT2D eigenvalue weighted by Gasteiger charge is -2.16. The molecule has 0 saturated carbocycles. The Morgan fingerprint density at radius 1 is 1.04 bits per heavy atom. The standard InChI is InChI=1S/C15H18N2OS.C4H9N.C2H6/c1-2-19-17-15(18)16-14-12-7-3-5-10(12)9-11-6-4-8-13(11)14;1-2-4-5-3-1;1-2/h2,9H,1,3-8H2,(H2,16,17,18);5H,1-4H2;1-2H3. The predicted octanol–water partition coefficient (Wildman–Crippen LogP) is 4.97. The number of carbonyl (C=O) groups is 1. The Bertz CT molecular complexity index is 572. The second-order valence-electron chi connectivity index (χ2n) is 6.53. The van der Waals surface area contributed by atoms with Crippen LogP contribution in [0.4, 0.5) is 10.5 Å². The highest BCUT2D eigenvalue weighted by molar-refractivity contribution is 8.00. The number of nitrogens with one attached hydrogen (secondary N) is 3. The van der Waals surface area contributed by atoms with Crippen molar-refractivity contribution in [3.05, 3.63) is 40.3 Å². The summed E-state index contributed by atoms with van der Waals surface area (Å²) in [5.41, 5.74) is 6.68. The number of benzene rings is 1. The van der Waals surface area contributed by atoms with E-state index in [-0.39, 0.29) is 6.03 Å². The van der Waals surface area contributed by atoms with Crippen molar-refractivity contribution in [1.29, 1.82) is 0 Å². The molecule has 0 unspecified atom stereocenters. The molecule has 26 heavy (non-hydrogen) atoms. The largest absolute Gasteiger partial charge is 0.329 e. The molecule has 4 rings (SSSR count). The normalized spacial score (nSPS) is 16.4. The molecule has 2 aliphatic carbocycles. The van der Waals surface area contributed by atoms with Crippen molar-refractivity contribution in [3.8, 4) is 0 Å². The number of fused-ring (bicyclic) bond motifs is 2. The average molecular weight is 376 g/mol. The highest BCUT2D eigenvalue weighted by Crippen LogP contribution is 2.38. The van der Waals surface area contributed by atoms with E-state index in [0.29, 0.717) is 0 Å². The van der Waals surface area contributed by atoms with Crippen molar-refractivity contribution in [2.24, 2.45) is 0 Å². The smallest absolute Gasteiger partial charge is 0.317 e. The second kappa shape index (κ2) is 11.3. The topological polar surface area (TPSA) is 53.2 Å². The van der Waals surface area contributed by atoms with E-state index >= 15 is 0 Å². The molecule has 3 aliphatic rings. The van der Waals surface area contributed by atoms with Gasteiger partial charge in [0.1, 0.15) is 0 Å². The molecule has 144 valence electrons. The molecule has 0 spiro atoms. The average Bonchev–Trinajstić information content (AvgIpc) is 3.43. The number of amides is 2. The maximum atomic E-state index is 11.9. The van der Waals surface area contributed by atoms with Gasteiger partial charge in [0.05, 0.1) is 0 Å². The van der Waals surface area contributed by atoms with Crippen LogP contribution in [-0.2, 0) is 25.7 Å². The molecule has 0 radical (unpaired) electrons. The number of aryl methyl sites for hydroxylation is 2. The molecule has 1 aromatic carbocycles. The molecular formula is C21H33N3OS. The lowest BCUT2D eigenvalue weighted by Crippen LogP contribution is -2.23. The van der Waals surface area contributed by atoms with E-state index in [9.17, 15) is 4.79 Å². The predicted molar refractivity (Wildman–Crippen MR) is 114 cm³/mol. The zero-order valence-corrected chi connectivity index (χ0v) is 17.1. The molecule has 1 saturated heterocycles. The molecule has 0 atom stereocenters. The second-order valence-corrected chi connectivity index (χ2v) is 7.30. The summed E-state index contributed by atoms with van der Waals surface area (Å²) in [5.74, 6) is 0. The van der Waals surface area contributed by atoms with Gasteiger partial charge in [-0.15, -0.1) is 0 Å². The van der Waals surface area contributed by atoms with Crippen molar-refractivity contribution >= 4 is 23.7 Å². The number of anilines is 1. The lowest BCUT2D eigenvalue weighted by molar-refractivity contribution is 0.257. The molecule has 0 bridgehead atoms. The summed E-state index contributed by atoms with van der Waals surface area (Å²) in [6.45, 7) is 10.1. The first-order valence-electron chi connectivity index (χ1n) is 10.0. The third-order valence-electron chi connectivity index (χ3n) is 4.90. The zero-order chi connectivity index (χ0) is 18.8. The highest BCUT2D eigenvalue weighted by Gasteiger charge is 2.24. The molecule has 2 amide bonds. The van der Waals surface area contributed by atoms with E-state index in [0.717, 1.165) is 31.4 Å². The van der Waals surface area contributed by atoms with Gasteiger partial charge in [-0.3, -0.25) is 4.72 Å². The fourth-order valence-electron chi connectivity index (χ4n) is 3.83. The molecule has 1 aromatic rings. The van der Waals surface area contributed by atoms with Gasteiger partial charge in [-0.1, -0.05) is 26.5 Å². The Labute approximate surface area is 162 Å². The summed E-state index contributed by atoms with van der Waals surface area (Å²) >= 11 is 1.20. The van der Waals surface area contributed by atoms with Gasteiger partial charge in [-0.25, -0.2) is 4.79 Å². The molecule has 1 aliphatic heterocycles. The number of carbonyl (C=O) groups excluding carboxylic acids is 1.